The minimum absolute atomic E-state index is 0.234. The molecule has 0 amide bonds. The maximum absolute atomic E-state index is 6.27. The second-order valence-corrected chi connectivity index (χ2v) is 6.40. The van der Waals surface area contributed by atoms with Crippen molar-refractivity contribution in [2.45, 2.75) is 18.4 Å². The van der Waals surface area contributed by atoms with E-state index in [1.54, 1.807) is 0 Å². The van der Waals surface area contributed by atoms with Crippen LogP contribution < -0.4 is 10.6 Å². The molecule has 1 fully saturated rings. The van der Waals surface area contributed by atoms with Crippen molar-refractivity contribution in [3.05, 3.63) is 64.6 Å². The molecule has 20 heavy (non-hydrogen) atoms. The van der Waals surface area contributed by atoms with Crippen LogP contribution in [0.1, 0.15) is 17.9 Å². The molecule has 2 nitrogen and oxygen atoms in total. The Morgan fingerprint density at radius 1 is 0.950 bits per heavy atom. The summed E-state index contributed by atoms with van der Waals surface area (Å²) in [5, 5.41) is 0. The molecule has 0 radical (unpaired) electrons. The van der Waals surface area contributed by atoms with Gasteiger partial charge in [-0.25, -0.2) is 0 Å². The lowest BCUT2D eigenvalue weighted by Crippen LogP contribution is -2.46. The molecule has 2 unspecified atom stereocenters. The van der Waals surface area contributed by atoms with E-state index in [1.165, 1.54) is 11.3 Å². The number of hydrogen-bond donors (Lipinski definition) is 1. The molecule has 0 spiro atoms. The van der Waals surface area contributed by atoms with Crippen LogP contribution >= 0.6 is 15.9 Å². The molecule has 1 aliphatic heterocycles. The summed E-state index contributed by atoms with van der Waals surface area (Å²) in [6.07, 6.45) is 1.07. The van der Waals surface area contributed by atoms with E-state index >= 15 is 0 Å². The fraction of sp³-hybridized carbons (Fsp3) is 0.294. The maximum Gasteiger partial charge on any atom is 0.0367 e. The van der Waals surface area contributed by atoms with Gasteiger partial charge in [0.05, 0.1) is 0 Å². The Labute approximate surface area is 128 Å². The zero-order chi connectivity index (χ0) is 13.9. The minimum atomic E-state index is 0.234. The van der Waals surface area contributed by atoms with E-state index in [1.807, 2.05) is 0 Å². The normalized spacial score (nSPS) is 22.8. The Balaban J connectivity index is 1.81. The monoisotopic (exact) mass is 330 g/mol. The van der Waals surface area contributed by atoms with E-state index in [4.69, 9.17) is 5.73 Å². The van der Waals surface area contributed by atoms with Crippen LogP contribution in [0.5, 0.6) is 0 Å². The molecule has 104 valence electrons. The van der Waals surface area contributed by atoms with Gasteiger partial charge in [-0.1, -0.05) is 46.3 Å². The summed E-state index contributed by atoms with van der Waals surface area (Å²) in [5.41, 5.74) is 8.92. The van der Waals surface area contributed by atoms with E-state index in [0.29, 0.717) is 5.92 Å². The molecule has 2 aromatic rings. The number of anilines is 1. The first kappa shape index (κ1) is 13.7. The third kappa shape index (κ3) is 3.05. The van der Waals surface area contributed by atoms with Crippen molar-refractivity contribution in [3.63, 3.8) is 0 Å². The number of rotatable bonds is 2. The third-order valence-corrected chi connectivity index (χ3v) is 4.47. The van der Waals surface area contributed by atoms with Crippen LogP contribution in [0.2, 0.25) is 0 Å². The first-order chi connectivity index (χ1) is 9.72. The Hall–Kier alpha value is -1.32. The van der Waals surface area contributed by atoms with Gasteiger partial charge in [-0.15, -0.1) is 0 Å². The molecule has 1 aliphatic rings. The summed E-state index contributed by atoms with van der Waals surface area (Å²) in [6, 6.07) is 19.4. The summed E-state index contributed by atoms with van der Waals surface area (Å²) in [5.74, 6) is 0.517. The molecule has 2 N–H and O–H groups in total. The molecule has 2 atom stereocenters. The lowest BCUT2D eigenvalue weighted by Gasteiger charge is -2.38. The molecule has 0 aliphatic carbocycles. The smallest absolute Gasteiger partial charge is 0.0367 e. The van der Waals surface area contributed by atoms with Crippen LogP contribution in [0.15, 0.2) is 59.1 Å². The fourth-order valence-corrected chi connectivity index (χ4v) is 3.23. The quantitative estimate of drug-likeness (QED) is 0.908. The number of piperidine rings is 1. The fourth-order valence-electron chi connectivity index (χ4n) is 2.97. The number of nitrogens with two attached hydrogens (primary N) is 1. The molecule has 0 bridgehead atoms. The van der Waals surface area contributed by atoms with Crippen LogP contribution in [-0.2, 0) is 0 Å². The summed E-state index contributed by atoms with van der Waals surface area (Å²) in [4.78, 5) is 2.40. The van der Waals surface area contributed by atoms with Crippen LogP contribution in [0, 0.1) is 0 Å². The number of halogens is 1. The van der Waals surface area contributed by atoms with Gasteiger partial charge in [0.1, 0.15) is 0 Å². The van der Waals surface area contributed by atoms with Gasteiger partial charge in [-0.2, -0.15) is 0 Å². The second kappa shape index (κ2) is 5.98. The van der Waals surface area contributed by atoms with Gasteiger partial charge in [-0.3, -0.25) is 0 Å². The zero-order valence-corrected chi connectivity index (χ0v) is 13.0. The van der Waals surface area contributed by atoms with Crippen molar-refractivity contribution in [3.8, 4) is 0 Å². The SMILES string of the molecule is NC1CC(c2ccccc2)CN(c2ccc(Br)cc2)C1. The van der Waals surface area contributed by atoms with Gasteiger partial charge in [0.15, 0.2) is 0 Å². The number of nitrogens with zero attached hydrogens (tertiary/aromatic N) is 1. The highest BCUT2D eigenvalue weighted by Gasteiger charge is 2.26. The summed E-state index contributed by atoms with van der Waals surface area (Å²) in [7, 11) is 0. The minimum Gasteiger partial charge on any atom is -0.369 e. The van der Waals surface area contributed by atoms with Crippen LogP contribution in [0.4, 0.5) is 5.69 Å². The lowest BCUT2D eigenvalue weighted by atomic mass is 9.88. The van der Waals surface area contributed by atoms with Gasteiger partial charge in [0, 0.05) is 35.2 Å². The third-order valence-electron chi connectivity index (χ3n) is 3.95. The molecule has 0 aromatic heterocycles. The molecule has 1 saturated heterocycles. The van der Waals surface area contributed by atoms with Crippen molar-refractivity contribution in [2.75, 3.05) is 18.0 Å². The largest absolute Gasteiger partial charge is 0.369 e. The zero-order valence-electron chi connectivity index (χ0n) is 11.4. The average molecular weight is 331 g/mol. The molecule has 0 saturated carbocycles. The van der Waals surface area contributed by atoms with Crippen LogP contribution in [0.3, 0.4) is 0 Å². The molecular weight excluding hydrogens is 312 g/mol. The van der Waals surface area contributed by atoms with Crippen LogP contribution in [-0.4, -0.2) is 19.1 Å². The highest BCUT2D eigenvalue weighted by Crippen LogP contribution is 2.30. The topological polar surface area (TPSA) is 29.3 Å². The predicted octanol–water partition coefficient (Wildman–Crippen LogP) is 3.77. The van der Waals surface area contributed by atoms with Gasteiger partial charge >= 0.3 is 0 Å². The standard InChI is InChI=1S/C17H19BrN2/c18-15-6-8-17(9-7-15)20-11-14(10-16(19)12-20)13-4-2-1-3-5-13/h1-9,14,16H,10-12,19H2. The predicted molar refractivity (Wildman–Crippen MR) is 88.1 cm³/mol. The van der Waals surface area contributed by atoms with Crippen molar-refractivity contribution >= 4 is 21.6 Å². The highest BCUT2D eigenvalue weighted by atomic mass is 79.9. The molecule has 3 rings (SSSR count). The molecule has 1 heterocycles. The van der Waals surface area contributed by atoms with Crippen molar-refractivity contribution in [1.29, 1.82) is 0 Å². The van der Waals surface area contributed by atoms with Crippen molar-refractivity contribution in [1.82, 2.24) is 0 Å². The van der Waals surface area contributed by atoms with E-state index in [-0.39, 0.29) is 6.04 Å². The Kier molecular flexibility index (Phi) is 4.08. The van der Waals surface area contributed by atoms with Gasteiger partial charge < -0.3 is 10.6 Å². The van der Waals surface area contributed by atoms with E-state index in [0.717, 1.165) is 24.0 Å². The van der Waals surface area contributed by atoms with Crippen molar-refractivity contribution in [2.24, 2.45) is 5.73 Å². The van der Waals surface area contributed by atoms with E-state index in [2.05, 4.69) is 75.4 Å². The first-order valence-electron chi connectivity index (χ1n) is 7.03. The molecule has 3 heteroatoms. The van der Waals surface area contributed by atoms with Gasteiger partial charge in [0.25, 0.3) is 0 Å². The second-order valence-electron chi connectivity index (χ2n) is 5.48. The van der Waals surface area contributed by atoms with Crippen LogP contribution in [0.25, 0.3) is 0 Å². The average Bonchev–Trinajstić information content (AvgIpc) is 2.48. The number of benzene rings is 2. The molecular formula is C17H19BrN2. The number of hydrogen-bond acceptors (Lipinski definition) is 2. The van der Waals surface area contributed by atoms with Gasteiger partial charge in [-0.05, 0) is 36.2 Å². The Morgan fingerprint density at radius 3 is 2.35 bits per heavy atom. The Morgan fingerprint density at radius 2 is 1.65 bits per heavy atom. The first-order valence-corrected chi connectivity index (χ1v) is 7.83. The van der Waals surface area contributed by atoms with Gasteiger partial charge in [0.2, 0.25) is 0 Å². The highest BCUT2D eigenvalue weighted by molar-refractivity contribution is 9.10. The van der Waals surface area contributed by atoms with E-state index < -0.39 is 0 Å². The summed E-state index contributed by atoms with van der Waals surface area (Å²) in [6.45, 7) is 1.98. The lowest BCUT2D eigenvalue weighted by molar-refractivity contribution is 0.454. The Bertz CT molecular complexity index is 553. The van der Waals surface area contributed by atoms with Crippen molar-refractivity contribution < 1.29 is 0 Å². The summed E-state index contributed by atoms with van der Waals surface area (Å²) < 4.78 is 1.11. The van der Waals surface area contributed by atoms with E-state index in [9.17, 15) is 0 Å². The summed E-state index contributed by atoms with van der Waals surface area (Å²) >= 11 is 3.49. The maximum atomic E-state index is 6.27. The molecule has 2 aromatic carbocycles.